The number of fused-ring (bicyclic) bond motifs is 1. The Hall–Kier alpha value is -2.71. The number of ether oxygens (including phenoxy) is 1. The highest BCUT2D eigenvalue weighted by Crippen LogP contribution is 2.25. The van der Waals surface area contributed by atoms with Gasteiger partial charge in [0.2, 0.25) is 0 Å². The molecule has 4 rings (SSSR count). The van der Waals surface area contributed by atoms with Crippen LogP contribution in [-0.4, -0.2) is 27.2 Å². The first-order valence-corrected chi connectivity index (χ1v) is 10.1. The lowest BCUT2D eigenvalue weighted by Gasteiger charge is -2.16. The number of nitrogens with zero attached hydrogens (tertiary/aromatic N) is 3. The minimum absolute atomic E-state index is 0.0272. The second-order valence-corrected chi connectivity index (χ2v) is 7.62. The lowest BCUT2D eigenvalue weighted by Crippen LogP contribution is -2.28. The summed E-state index contributed by atoms with van der Waals surface area (Å²) in [4.78, 5) is 28.1. The van der Waals surface area contributed by atoms with E-state index in [0.717, 1.165) is 25.0 Å². The standard InChI is InChI=1S/C20H19N3O4S/c24-19-17-5-1-2-6-18(17)21-20(22(19)12-16-4-3-11-27-16)28-13-14-7-9-15(10-8-14)23(25)26/h1-2,5-10,16H,3-4,11-13H2. The third-order valence-corrected chi connectivity index (χ3v) is 5.80. The van der Waals surface area contributed by atoms with Crippen molar-refractivity contribution in [1.82, 2.24) is 9.55 Å². The second-order valence-electron chi connectivity index (χ2n) is 6.67. The topological polar surface area (TPSA) is 87.3 Å². The van der Waals surface area contributed by atoms with Gasteiger partial charge in [-0.1, -0.05) is 36.0 Å². The Kier molecular flexibility index (Phi) is 5.40. The van der Waals surface area contributed by atoms with Gasteiger partial charge in [0.15, 0.2) is 5.16 Å². The zero-order valence-corrected chi connectivity index (χ0v) is 15.9. The third kappa shape index (κ3) is 3.93. The summed E-state index contributed by atoms with van der Waals surface area (Å²) in [5, 5.41) is 12.0. The quantitative estimate of drug-likeness (QED) is 0.272. The first-order chi connectivity index (χ1) is 13.6. The molecule has 0 saturated carbocycles. The van der Waals surface area contributed by atoms with Crippen LogP contribution in [0.3, 0.4) is 0 Å². The smallest absolute Gasteiger partial charge is 0.269 e. The van der Waals surface area contributed by atoms with E-state index in [1.54, 1.807) is 22.8 Å². The highest BCUT2D eigenvalue weighted by atomic mass is 32.2. The van der Waals surface area contributed by atoms with E-state index in [1.165, 1.54) is 23.9 Å². The molecule has 1 aliphatic heterocycles. The van der Waals surface area contributed by atoms with Crippen LogP contribution in [0.1, 0.15) is 18.4 Å². The molecule has 144 valence electrons. The summed E-state index contributed by atoms with van der Waals surface area (Å²) >= 11 is 1.45. The zero-order chi connectivity index (χ0) is 19.5. The first kappa shape index (κ1) is 18.6. The molecular weight excluding hydrogens is 378 g/mol. The Bertz CT molecular complexity index is 1060. The minimum Gasteiger partial charge on any atom is -0.376 e. The summed E-state index contributed by atoms with van der Waals surface area (Å²) in [5.74, 6) is 0.564. The van der Waals surface area contributed by atoms with Gasteiger partial charge in [0.05, 0.1) is 28.5 Å². The van der Waals surface area contributed by atoms with Crippen LogP contribution in [0.4, 0.5) is 5.69 Å². The fourth-order valence-electron chi connectivity index (χ4n) is 3.27. The highest BCUT2D eigenvalue weighted by molar-refractivity contribution is 7.98. The molecule has 2 heterocycles. The number of hydrogen-bond donors (Lipinski definition) is 0. The number of benzene rings is 2. The molecule has 1 aliphatic rings. The fraction of sp³-hybridized carbons (Fsp3) is 0.300. The van der Waals surface area contributed by atoms with Crippen molar-refractivity contribution in [3.8, 4) is 0 Å². The SMILES string of the molecule is O=c1c2ccccc2nc(SCc2ccc([N+](=O)[O-])cc2)n1CC1CCCO1. The summed E-state index contributed by atoms with van der Waals surface area (Å²) in [6, 6.07) is 13.8. The van der Waals surface area contributed by atoms with Crippen molar-refractivity contribution in [1.29, 1.82) is 0 Å². The molecule has 1 aromatic heterocycles. The largest absolute Gasteiger partial charge is 0.376 e. The van der Waals surface area contributed by atoms with E-state index in [9.17, 15) is 14.9 Å². The average Bonchev–Trinajstić information content (AvgIpc) is 3.22. The van der Waals surface area contributed by atoms with E-state index in [0.29, 0.717) is 28.4 Å². The van der Waals surface area contributed by atoms with Crippen LogP contribution >= 0.6 is 11.8 Å². The lowest BCUT2D eigenvalue weighted by atomic mass is 10.2. The monoisotopic (exact) mass is 397 g/mol. The van der Waals surface area contributed by atoms with Crippen molar-refractivity contribution in [3.63, 3.8) is 0 Å². The molecule has 0 N–H and O–H groups in total. The number of hydrogen-bond acceptors (Lipinski definition) is 6. The molecule has 1 unspecified atom stereocenters. The van der Waals surface area contributed by atoms with Crippen LogP contribution in [0.5, 0.6) is 0 Å². The molecule has 1 fully saturated rings. The zero-order valence-electron chi connectivity index (χ0n) is 15.1. The molecule has 1 saturated heterocycles. The normalized spacial score (nSPS) is 16.5. The summed E-state index contributed by atoms with van der Waals surface area (Å²) in [6.07, 6.45) is 1.97. The van der Waals surface area contributed by atoms with Gasteiger partial charge in [0, 0.05) is 24.5 Å². The van der Waals surface area contributed by atoms with Crippen LogP contribution in [0.2, 0.25) is 0 Å². The Morgan fingerprint density at radius 2 is 2.00 bits per heavy atom. The van der Waals surface area contributed by atoms with Gasteiger partial charge in [-0.25, -0.2) is 4.98 Å². The summed E-state index contributed by atoms with van der Waals surface area (Å²) in [7, 11) is 0. The van der Waals surface area contributed by atoms with Crippen molar-refractivity contribution in [2.24, 2.45) is 0 Å². The van der Waals surface area contributed by atoms with Gasteiger partial charge < -0.3 is 4.74 Å². The molecule has 3 aromatic rings. The number of rotatable bonds is 6. The van der Waals surface area contributed by atoms with Crippen molar-refractivity contribution in [3.05, 3.63) is 74.6 Å². The molecule has 0 spiro atoms. The molecule has 0 aliphatic carbocycles. The maximum atomic E-state index is 13.0. The average molecular weight is 397 g/mol. The maximum absolute atomic E-state index is 13.0. The molecular formula is C20H19N3O4S. The van der Waals surface area contributed by atoms with Crippen molar-refractivity contribution < 1.29 is 9.66 Å². The maximum Gasteiger partial charge on any atom is 0.269 e. The highest BCUT2D eigenvalue weighted by Gasteiger charge is 2.20. The van der Waals surface area contributed by atoms with E-state index in [4.69, 9.17) is 9.72 Å². The predicted octanol–water partition coefficient (Wildman–Crippen LogP) is 3.78. The minimum atomic E-state index is -0.416. The molecule has 28 heavy (non-hydrogen) atoms. The van der Waals surface area contributed by atoms with Crippen LogP contribution < -0.4 is 5.56 Å². The van der Waals surface area contributed by atoms with Gasteiger partial charge in [-0.05, 0) is 30.5 Å². The molecule has 2 aromatic carbocycles. The molecule has 8 heteroatoms. The van der Waals surface area contributed by atoms with Crippen molar-refractivity contribution in [2.75, 3.05) is 6.61 Å². The summed E-state index contributed by atoms with van der Waals surface area (Å²) < 4.78 is 7.42. The summed E-state index contributed by atoms with van der Waals surface area (Å²) in [5.41, 5.74) is 1.60. The molecule has 1 atom stereocenters. The van der Waals surface area contributed by atoms with Crippen LogP contribution in [0.15, 0.2) is 58.5 Å². The van der Waals surface area contributed by atoms with Crippen LogP contribution in [-0.2, 0) is 17.0 Å². The van der Waals surface area contributed by atoms with Gasteiger partial charge in [-0.2, -0.15) is 0 Å². The second kappa shape index (κ2) is 8.12. The lowest BCUT2D eigenvalue weighted by molar-refractivity contribution is -0.384. The van der Waals surface area contributed by atoms with Gasteiger partial charge in [0.25, 0.3) is 11.2 Å². The Labute approximate surface area is 165 Å². The number of nitro groups is 1. The fourth-order valence-corrected chi connectivity index (χ4v) is 4.24. The van der Waals surface area contributed by atoms with Gasteiger partial charge in [0.1, 0.15) is 0 Å². The Morgan fingerprint density at radius 1 is 1.21 bits per heavy atom. The molecule has 0 bridgehead atoms. The number of thioether (sulfide) groups is 1. The van der Waals surface area contributed by atoms with E-state index in [-0.39, 0.29) is 17.4 Å². The number of para-hydroxylation sites is 1. The number of aromatic nitrogens is 2. The Balaban J connectivity index is 1.64. The predicted molar refractivity (Wildman–Crippen MR) is 108 cm³/mol. The first-order valence-electron chi connectivity index (χ1n) is 9.09. The van der Waals surface area contributed by atoms with Gasteiger partial charge >= 0.3 is 0 Å². The summed E-state index contributed by atoms with van der Waals surface area (Å²) in [6.45, 7) is 1.21. The van der Waals surface area contributed by atoms with Crippen molar-refractivity contribution in [2.45, 2.75) is 36.4 Å². The molecule has 7 nitrogen and oxygen atoms in total. The Morgan fingerprint density at radius 3 is 2.71 bits per heavy atom. The van der Waals surface area contributed by atoms with E-state index in [2.05, 4.69) is 0 Å². The van der Waals surface area contributed by atoms with Gasteiger partial charge in [-0.3, -0.25) is 19.5 Å². The van der Waals surface area contributed by atoms with Crippen molar-refractivity contribution >= 4 is 28.4 Å². The van der Waals surface area contributed by atoms with Crippen LogP contribution in [0, 0.1) is 10.1 Å². The number of nitro benzene ring substituents is 1. The van der Waals surface area contributed by atoms with Crippen LogP contribution in [0.25, 0.3) is 10.9 Å². The van der Waals surface area contributed by atoms with E-state index in [1.807, 2.05) is 18.2 Å². The molecule has 0 amide bonds. The number of non-ortho nitro benzene ring substituents is 1. The third-order valence-electron chi connectivity index (χ3n) is 4.75. The molecule has 0 radical (unpaired) electrons. The van der Waals surface area contributed by atoms with E-state index < -0.39 is 4.92 Å². The van der Waals surface area contributed by atoms with Gasteiger partial charge in [-0.15, -0.1) is 0 Å². The van der Waals surface area contributed by atoms with E-state index >= 15 is 0 Å².